The topological polar surface area (TPSA) is 90.4 Å². The lowest BCUT2D eigenvalue weighted by Gasteiger charge is -2.21. The Kier molecular flexibility index (Phi) is 3.07. The molecule has 3 N–H and O–H groups in total. The zero-order chi connectivity index (χ0) is 13.3. The van der Waals surface area contributed by atoms with Gasteiger partial charge in [0.25, 0.3) is 0 Å². The number of nitrogen functional groups attached to an aromatic ring is 1. The van der Waals surface area contributed by atoms with Gasteiger partial charge in [0.2, 0.25) is 0 Å². The molecule has 0 aliphatic carbocycles. The van der Waals surface area contributed by atoms with Crippen molar-refractivity contribution in [1.29, 1.82) is 0 Å². The summed E-state index contributed by atoms with van der Waals surface area (Å²) in [5.41, 5.74) is 3.34. The van der Waals surface area contributed by atoms with Crippen LogP contribution in [-0.2, 0) is 4.74 Å². The monoisotopic (exact) mass is 253 g/mol. The van der Waals surface area contributed by atoms with Gasteiger partial charge in [-0.2, -0.15) is 4.98 Å². The fourth-order valence-corrected chi connectivity index (χ4v) is 1.86. The summed E-state index contributed by atoms with van der Waals surface area (Å²) in [6.07, 6.45) is 6.23. The maximum atomic E-state index is 13.3. The molecule has 2 rings (SSSR count). The molecule has 0 bridgehead atoms. The van der Waals surface area contributed by atoms with Crippen molar-refractivity contribution in [2.75, 3.05) is 12.3 Å². The summed E-state index contributed by atoms with van der Waals surface area (Å²) >= 11 is 0. The zero-order valence-corrected chi connectivity index (χ0v) is 9.47. The van der Waals surface area contributed by atoms with Crippen LogP contribution in [0.1, 0.15) is 19.1 Å². The van der Waals surface area contributed by atoms with E-state index in [1.54, 1.807) is 0 Å². The first-order valence-electron chi connectivity index (χ1n) is 5.32. The molecule has 0 radical (unpaired) electrons. The molecular weight excluding hydrogens is 241 g/mol. The highest BCUT2D eigenvalue weighted by molar-refractivity contribution is 5.26. The predicted octanol–water partition coefficient (Wildman–Crippen LogP) is -0.362. The Balaban J connectivity index is 2.33. The number of aliphatic hydroxyl groups excluding tert-OH is 1. The van der Waals surface area contributed by atoms with E-state index in [0.29, 0.717) is 12.8 Å². The molecule has 6 nitrogen and oxygen atoms in total. The number of terminal acetylenes is 1. The van der Waals surface area contributed by atoms with Gasteiger partial charge in [-0.3, -0.25) is 4.57 Å². The van der Waals surface area contributed by atoms with E-state index in [1.165, 1.54) is 0 Å². The zero-order valence-electron chi connectivity index (χ0n) is 9.47. The molecule has 0 aromatic carbocycles. The molecular formula is C11H12FN3O3. The number of hydrogen-bond donors (Lipinski definition) is 2. The van der Waals surface area contributed by atoms with E-state index in [9.17, 15) is 14.3 Å². The lowest BCUT2D eigenvalue weighted by Crippen LogP contribution is -2.34. The van der Waals surface area contributed by atoms with Gasteiger partial charge in [0, 0.05) is 0 Å². The molecule has 96 valence electrons. The maximum Gasteiger partial charge on any atom is 0.351 e. The van der Waals surface area contributed by atoms with E-state index in [0.717, 1.165) is 10.8 Å². The third-order valence-corrected chi connectivity index (χ3v) is 2.92. The SMILES string of the molecule is C#CC1(CO)CCC(n2cc(F)c(N)nc2=O)O1. The van der Waals surface area contributed by atoms with Gasteiger partial charge in [-0.05, 0) is 12.8 Å². The molecule has 0 saturated carbocycles. The summed E-state index contributed by atoms with van der Waals surface area (Å²) in [6.45, 7) is -0.361. The van der Waals surface area contributed by atoms with Crippen molar-refractivity contribution >= 4 is 5.82 Å². The van der Waals surface area contributed by atoms with E-state index in [4.69, 9.17) is 16.9 Å². The molecule has 0 amide bonds. The highest BCUT2D eigenvalue weighted by Crippen LogP contribution is 2.35. The summed E-state index contributed by atoms with van der Waals surface area (Å²) in [7, 11) is 0. The molecule has 2 unspecified atom stereocenters. The van der Waals surface area contributed by atoms with Crippen LogP contribution in [0.2, 0.25) is 0 Å². The highest BCUT2D eigenvalue weighted by Gasteiger charge is 2.39. The van der Waals surface area contributed by atoms with Gasteiger partial charge in [-0.25, -0.2) is 9.18 Å². The van der Waals surface area contributed by atoms with Crippen LogP contribution in [0.5, 0.6) is 0 Å². The van der Waals surface area contributed by atoms with E-state index in [1.807, 2.05) is 0 Å². The first-order chi connectivity index (χ1) is 8.51. The van der Waals surface area contributed by atoms with Crippen LogP contribution < -0.4 is 11.4 Å². The fourth-order valence-electron chi connectivity index (χ4n) is 1.86. The number of anilines is 1. The Hall–Kier alpha value is -1.91. The number of nitrogens with two attached hydrogens (primary N) is 1. The number of hydrogen-bond acceptors (Lipinski definition) is 5. The van der Waals surface area contributed by atoms with Gasteiger partial charge >= 0.3 is 5.69 Å². The minimum Gasteiger partial charge on any atom is -0.392 e. The Morgan fingerprint density at radius 2 is 2.56 bits per heavy atom. The lowest BCUT2D eigenvalue weighted by atomic mass is 10.0. The third kappa shape index (κ3) is 1.96. The normalized spacial score (nSPS) is 27.1. The van der Waals surface area contributed by atoms with Crippen LogP contribution in [0.3, 0.4) is 0 Å². The van der Waals surface area contributed by atoms with Crippen LogP contribution >= 0.6 is 0 Å². The molecule has 1 fully saturated rings. The van der Waals surface area contributed by atoms with Gasteiger partial charge in [0.15, 0.2) is 17.2 Å². The summed E-state index contributed by atoms with van der Waals surface area (Å²) in [5, 5.41) is 9.18. The van der Waals surface area contributed by atoms with Crippen molar-refractivity contribution in [3.05, 3.63) is 22.5 Å². The Labute approximate surface area is 102 Å². The largest absolute Gasteiger partial charge is 0.392 e. The predicted molar refractivity (Wildman–Crippen MR) is 60.9 cm³/mol. The molecule has 0 spiro atoms. The minimum atomic E-state index is -1.12. The summed E-state index contributed by atoms with van der Waals surface area (Å²) in [5.74, 6) is 1.08. The average Bonchev–Trinajstić information content (AvgIpc) is 2.79. The maximum absolute atomic E-state index is 13.3. The summed E-state index contributed by atoms with van der Waals surface area (Å²) < 4.78 is 19.7. The molecule has 2 heterocycles. The molecule has 1 aliphatic rings. The smallest absolute Gasteiger partial charge is 0.351 e. The summed E-state index contributed by atoms with van der Waals surface area (Å²) in [4.78, 5) is 14.9. The Bertz CT molecular complexity index is 566. The second-order valence-corrected chi connectivity index (χ2v) is 4.07. The van der Waals surface area contributed by atoms with Crippen LogP contribution in [0.15, 0.2) is 11.0 Å². The van der Waals surface area contributed by atoms with Crippen molar-refractivity contribution in [1.82, 2.24) is 9.55 Å². The number of aromatic nitrogens is 2. The van der Waals surface area contributed by atoms with E-state index < -0.39 is 29.2 Å². The van der Waals surface area contributed by atoms with Crippen molar-refractivity contribution in [3.8, 4) is 12.3 Å². The molecule has 7 heteroatoms. The van der Waals surface area contributed by atoms with E-state index >= 15 is 0 Å². The molecule has 2 atom stereocenters. The second kappa shape index (κ2) is 4.40. The van der Waals surface area contributed by atoms with Crippen molar-refractivity contribution in [2.24, 2.45) is 0 Å². The van der Waals surface area contributed by atoms with E-state index in [-0.39, 0.29) is 6.61 Å². The van der Waals surface area contributed by atoms with Crippen molar-refractivity contribution in [2.45, 2.75) is 24.7 Å². The highest BCUT2D eigenvalue weighted by atomic mass is 19.1. The third-order valence-electron chi connectivity index (χ3n) is 2.92. The average molecular weight is 253 g/mol. The Morgan fingerprint density at radius 1 is 1.83 bits per heavy atom. The van der Waals surface area contributed by atoms with Crippen molar-refractivity contribution < 1.29 is 14.2 Å². The van der Waals surface area contributed by atoms with Gasteiger partial charge in [-0.1, -0.05) is 5.92 Å². The van der Waals surface area contributed by atoms with Crippen LogP contribution in [0.25, 0.3) is 0 Å². The number of aliphatic hydroxyl groups is 1. The van der Waals surface area contributed by atoms with Gasteiger partial charge in [0.1, 0.15) is 6.23 Å². The molecule has 18 heavy (non-hydrogen) atoms. The van der Waals surface area contributed by atoms with Gasteiger partial charge in [0.05, 0.1) is 12.8 Å². The molecule has 1 aliphatic heterocycles. The summed E-state index contributed by atoms with van der Waals surface area (Å²) in [6, 6.07) is 0. The standard InChI is InChI=1S/C11H12FN3O3/c1-2-11(6-16)4-3-8(18-11)15-5-7(12)9(13)14-10(15)17/h1,5,8,16H,3-4,6H2,(H2,13,14,17). The Morgan fingerprint density at radius 3 is 3.11 bits per heavy atom. The minimum absolute atomic E-state index is 0.361. The quantitative estimate of drug-likeness (QED) is 0.702. The number of nitrogens with zero attached hydrogens (tertiary/aromatic N) is 2. The first kappa shape index (κ1) is 12.5. The van der Waals surface area contributed by atoms with Crippen LogP contribution in [0.4, 0.5) is 10.2 Å². The molecule has 1 aromatic heterocycles. The fraction of sp³-hybridized carbons (Fsp3) is 0.455. The first-order valence-corrected chi connectivity index (χ1v) is 5.32. The van der Waals surface area contributed by atoms with Gasteiger partial charge in [-0.15, -0.1) is 6.42 Å². The lowest BCUT2D eigenvalue weighted by molar-refractivity contribution is -0.0651. The van der Waals surface area contributed by atoms with Crippen LogP contribution in [0, 0.1) is 18.2 Å². The van der Waals surface area contributed by atoms with E-state index in [2.05, 4.69) is 10.9 Å². The number of ether oxygens (including phenoxy) is 1. The van der Waals surface area contributed by atoms with Crippen molar-refractivity contribution in [3.63, 3.8) is 0 Å². The molecule has 1 saturated heterocycles. The van der Waals surface area contributed by atoms with Gasteiger partial charge < -0.3 is 15.6 Å². The number of halogens is 1. The molecule has 1 aromatic rings. The number of rotatable bonds is 2. The second-order valence-electron chi connectivity index (χ2n) is 4.07. The van der Waals surface area contributed by atoms with Crippen LogP contribution in [-0.4, -0.2) is 26.9 Å².